The molecule has 1 aliphatic heterocycles. The lowest BCUT2D eigenvalue weighted by Gasteiger charge is -2.22. The van der Waals surface area contributed by atoms with E-state index in [1.165, 1.54) is 35.4 Å². The second-order valence-electron chi connectivity index (χ2n) is 7.53. The first kappa shape index (κ1) is 24.2. The van der Waals surface area contributed by atoms with E-state index in [2.05, 4.69) is 30.1 Å². The molecule has 0 spiro atoms. The number of anilines is 1. The van der Waals surface area contributed by atoms with Gasteiger partial charge < -0.3 is 9.26 Å². The number of hydrogen-bond donors (Lipinski definition) is 3. The number of nitrogens with zero attached hydrogens (tertiary/aromatic N) is 5. The molecular weight excluding hydrogens is 479 g/mol. The van der Waals surface area contributed by atoms with E-state index in [-0.39, 0.29) is 18.9 Å². The minimum Gasteiger partial charge on any atom is -0.391 e. The third-order valence-electron chi connectivity index (χ3n) is 5.07. The molecule has 15 heteroatoms. The molecule has 4 unspecified atom stereocenters. The van der Waals surface area contributed by atoms with Crippen LogP contribution < -0.4 is 25.8 Å². The van der Waals surface area contributed by atoms with Gasteiger partial charge in [0.25, 0.3) is 5.56 Å². The van der Waals surface area contributed by atoms with E-state index in [0.717, 1.165) is 0 Å². The number of aryl methyl sites for hydroxylation is 1. The Kier molecular flexibility index (Phi) is 7.28. The highest BCUT2D eigenvalue weighted by Crippen LogP contribution is 2.48. The minimum atomic E-state index is -4.03. The zero-order valence-electron chi connectivity index (χ0n) is 18.5. The molecule has 35 heavy (non-hydrogen) atoms. The smallest absolute Gasteiger partial charge is 0.391 e. The van der Waals surface area contributed by atoms with Gasteiger partial charge in [0, 0.05) is 48.5 Å². The predicted molar refractivity (Wildman–Crippen MR) is 122 cm³/mol. The Bertz CT molecular complexity index is 1330. The molecule has 1 saturated heterocycles. The van der Waals surface area contributed by atoms with E-state index in [0.29, 0.717) is 11.3 Å². The highest BCUT2D eigenvalue weighted by molar-refractivity contribution is 7.55. The minimum absolute atomic E-state index is 0.0697. The van der Waals surface area contributed by atoms with Crippen LogP contribution in [0.15, 0.2) is 69.8 Å². The molecule has 0 aliphatic carbocycles. The Morgan fingerprint density at radius 3 is 2.83 bits per heavy atom. The van der Waals surface area contributed by atoms with Crippen LogP contribution in [0.2, 0.25) is 0 Å². The van der Waals surface area contributed by atoms with Gasteiger partial charge in [0.1, 0.15) is 23.0 Å². The topological polar surface area (TPSA) is 188 Å². The first-order chi connectivity index (χ1) is 16.9. The van der Waals surface area contributed by atoms with Crippen LogP contribution in [0.5, 0.6) is 5.88 Å². The zero-order chi connectivity index (χ0) is 24.8. The molecule has 3 aromatic heterocycles. The first-order valence-corrected chi connectivity index (χ1v) is 12.0. The summed E-state index contributed by atoms with van der Waals surface area (Å²) in [7, 11) is -4.03. The average molecular weight is 501 g/mol. The van der Waals surface area contributed by atoms with Crippen LogP contribution in [0, 0.1) is 12.5 Å². The van der Waals surface area contributed by atoms with Crippen molar-refractivity contribution in [1.82, 2.24) is 24.4 Å². The van der Waals surface area contributed by atoms with Crippen molar-refractivity contribution in [2.24, 2.45) is 5.11 Å². The molecule has 1 fully saturated rings. The van der Waals surface area contributed by atoms with Crippen molar-refractivity contribution in [3.63, 3.8) is 0 Å². The maximum absolute atomic E-state index is 13.6. The summed E-state index contributed by atoms with van der Waals surface area (Å²) in [6, 6.07) is 7.36. The monoisotopic (exact) mass is 501 g/mol. The van der Waals surface area contributed by atoms with Crippen molar-refractivity contribution in [1.29, 1.82) is 5.53 Å². The third kappa shape index (κ3) is 5.94. The van der Waals surface area contributed by atoms with Crippen LogP contribution in [-0.4, -0.2) is 38.3 Å². The molecular formula is C20H22N8O6P+. The van der Waals surface area contributed by atoms with Crippen molar-refractivity contribution < 1.29 is 18.3 Å². The van der Waals surface area contributed by atoms with E-state index in [1.807, 2.05) is 0 Å². The lowest BCUT2D eigenvalue weighted by molar-refractivity contribution is -0.0238. The number of hydrogen-bond acceptors (Lipinski definition) is 10. The highest BCUT2D eigenvalue weighted by Gasteiger charge is 2.42. The molecule has 0 saturated carbocycles. The maximum Gasteiger partial charge on any atom is 0.487 e. The van der Waals surface area contributed by atoms with Gasteiger partial charge in [-0.15, -0.1) is 0 Å². The van der Waals surface area contributed by atoms with E-state index in [4.69, 9.17) is 19.3 Å². The maximum atomic E-state index is 13.6. The molecule has 1 aliphatic rings. The Morgan fingerprint density at radius 2 is 2.11 bits per heavy atom. The fourth-order valence-electron chi connectivity index (χ4n) is 3.39. The molecule has 3 N–H and O–H groups in total. The number of aromatic amines is 1. The fourth-order valence-corrected chi connectivity index (χ4v) is 4.72. The summed E-state index contributed by atoms with van der Waals surface area (Å²) < 4.78 is 32.0. The van der Waals surface area contributed by atoms with Crippen LogP contribution in [-0.2, 0) is 13.8 Å². The summed E-state index contributed by atoms with van der Waals surface area (Å²) in [5.74, 6) is 0.0697. The summed E-state index contributed by atoms with van der Waals surface area (Å²) in [4.78, 5) is 37.2. The number of aromatic nitrogens is 4. The van der Waals surface area contributed by atoms with Crippen molar-refractivity contribution in [2.45, 2.75) is 31.7 Å². The summed E-state index contributed by atoms with van der Waals surface area (Å²) >= 11 is 0. The van der Waals surface area contributed by atoms with Gasteiger partial charge in [0.05, 0.1) is 6.61 Å². The fraction of sp³-hybridized carbons (Fsp3) is 0.300. The van der Waals surface area contributed by atoms with Crippen LogP contribution in [0.1, 0.15) is 18.2 Å². The molecule has 0 amide bonds. The van der Waals surface area contributed by atoms with Gasteiger partial charge in [0.15, 0.2) is 6.04 Å². The molecule has 0 bridgehead atoms. The van der Waals surface area contributed by atoms with Crippen molar-refractivity contribution >= 4 is 13.4 Å². The molecule has 3 aromatic rings. The Labute approximate surface area is 198 Å². The summed E-state index contributed by atoms with van der Waals surface area (Å²) in [6.45, 7) is 1.28. The molecule has 4 atom stereocenters. The summed E-state index contributed by atoms with van der Waals surface area (Å²) in [5.41, 5.74) is 6.72. The number of H-pyrrole nitrogens is 1. The molecule has 182 valence electrons. The summed E-state index contributed by atoms with van der Waals surface area (Å²) in [6.07, 6.45) is 4.40. The Hall–Kier alpha value is -3.96. The van der Waals surface area contributed by atoms with Crippen molar-refractivity contribution in [2.75, 3.05) is 11.7 Å². The number of pyridine rings is 2. The number of rotatable bonds is 9. The van der Waals surface area contributed by atoms with Gasteiger partial charge >= 0.3 is 13.4 Å². The van der Waals surface area contributed by atoms with Crippen LogP contribution in [0.25, 0.3) is 0 Å². The van der Waals surface area contributed by atoms with Crippen LogP contribution in [0.3, 0.4) is 0 Å². The third-order valence-corrected chi connectivity index (χ3v) is 6.52. The molecule has 0 aromatic carbocycles. The second-order valence-corrected chi connectivity index (χ2v) is 9.19. The molecule has 14 nitrogen and oxygen atoms in total. The zero-order valence-corrected chi connectivity index (χ0v) is 19.4. The van der Waals surface area contributed by atoms with Crippen LogP contribution in [0.4, 0.5) is 5.69 Å². The van der Waals surface area contributed by atoms with Crippen molar-refractivity contribution in [3.8, 4) is 5.88 Å². The number of ether oxygens (including phenoxy) is 1. The average Bonchev–Trinajstić information content (AvgIpc) is 3.24. The van der Waals surface area contributed by atoms with Gasteiger partial charge in [-0.3, -0.25) is 28.9 Å². The van der Waals surface area contributed by atoms with Gasteiger partial charge in [-0.05, 0) is 25.1 Å². The van der Waals surface area contributed by atoms with E-state index >= 15 is 0 Å². The predicted octanol–water partition coefficient (Wildman–Crippen LogP) is 2.16. The van der Waals surface area contributed by atoms with Gasteiger partial charge in [0.2, 0.25) is 10.8 Å². The van der Waals surface area contributed by atoms with Crippen LogP contribution >= 0.6 is 7.75 Å². The number of nitrogens with one attached hydrogen (secondary N) is 3. The molecule has 4 heterocycles. The van der Waals surface area contributed by atoms with Gasteiger partial charge in [-0.2, -0.15) is 0 Å². The highest BCUT2D eigenvalue weighted by atomic mass is 31.2. The SMILES string of the molecule is Cc1cn(C2CC(N=[N+]=N)C(COP(=O)(Nc3ccncc3)Oc3ccccn3)O2)c(=O)[nH]c1=O. The normalized spacial score (nSPS) is 21.0. The quantitative estimate of drug-likeness (QED) is 0.224. The van der Waals surface area contributed by atoms with Crippen molar-refractivity contribution in [3.05, 3.63) is 81.5 Å². The summed E-state index contributed by atoms with van der Waals surface area (Å²) in [5, 5.41) is 6.58. The largest absolute Gasteiger partial charge is 0.487 e. The lowest BCUT2D eigenvalue weighted by Crippen LogP contribution is -2.33. The van der Waals surface area contributed by atoms with E-state index in [9.17, 15) is 14.2 Å². The molecule has 4 rings (SSSR count). The van der Waals surface area contributed by atoms with Gasteiger partial charge in [-0.25, -0.2) is 14.3 Å². The van der Waals surface area contributed by atoms with E-state index < -0.39 is 37.4 Å². The molecule has 0 radical (unpaired) electrons. The Morgan fingerprint density at radius 1 is 1.31 bits per heavy atom. The van der Waals surface area contributed by atoms with E-state index in [1.54, 1.807) is 31.2 Å². The standard InChI is InChI=1S/C20H21N8O6P/c1-13-11-28(20(30)24-19(13)29)18-10-15(25-27-21)16(33-18)12-32-35(31,26-14-5-8-22-9-6-14)34-17-4-2-3-7-23-17/h2-9,11,15-16,18,21H,10,12H2,1H3,(H-,22,24,26,29,30,31)/p+1. The van der Waals surface area contributed by atoms with Gasteiger partial charge in [-0.1, -0.05) is 6.07 Å². The lowest BCUT2D eigenvalue weighted by atomic mass is 10.1. The second kappa shape index (κ2) is 10.5. The first-order valence-electron chi connectivity index (χ1n) is 10.4. The Balaban J connectivity index is 1.55.